The molecule has 0 radical (unpaired) electrons. The van der Waals surface area contributed by atoms with Crippen LogP contribution >= 0.6 is 11.8 Å². The Balaban J connectivity index is 2.03. The Bertz CT molecular complexity index is 559. The maximum Gasteiger partial charge on any atom is 0.241 e. The van der Waals surface area contributed by atoms with E-state index in [1.807, 2.05) is 18.4 Å². The second-order valence-corrected chi connectivity index (χ2v) is 5.18. The Hall–Kier alpha value is -1.93. The zero-order valence-electron chi connectivity index (χ0n) is 11.0. The highest BCUT2D eigenvalue weighted by Gasteiger charge is 2.13. The van der Waals surface area contributed by atoms with E-state index in [-0.39, 0.29) is 5.91 Å². The van der Waals surface area contributed by atoms with E-state index in [9.17, 15) is 4.79 Å². The summed E-state index contributed by atoms with van der Waals surface area (Å²) < 4.78 is 0. The van der Waals surface area contributed by atoms with Gasteiger partial charge in [-0.2, -0.15) is 17.0 Å². The molecular weight excluding hydrogens is 276 g/mol. The van der Waals surface area contributed by atoms with Crippen molar-refractivity contribution >= 4 is 23.4 Å². The Morgan fingerprint density at radius 1 is 1.55 bits per heavy atom. The van der Waals surface area contributed by atoms with Gasteiger partial charge in [-0.25, -0.2) is 0 Å². The number of nitrogens with zero attached hydrogens (tertiary/aromatic N) is 3. The molecule has 0 saturated heterocycles. The van der Waals surface area contributed by atoms with Gasteiger partial charge in [-0.1, -0.05) is 12.1 Å². The van der Waals surface area contributed by atoms with Crippen molar-refractivity contribution in [2.45, 2.75) is 12.5 Å². The first-order chi connectivity index (χ1) is 9.70. The van der Waals surface area contributed by atoms with Crippen molar-refractivity contribution in [2.24, 2.45) is 5.73 Å². The molecule has 1 aromatic carbocycles. The van der Waals surface area contributed by atoms with E-state index in [4.69, 9.17) is 5.73 Å². The van der Waals surface area contributed by atoms with E-state index in [1.54, 1.807) is 23.9 Å². The minimum Gasteiger partial charge on any atom is -0.325 e. The van der Waals surface area contributed by atoms with Crippen LogP contribution in [0.25, 0.3) is 11.4 Å². The van der Waals surface area contributed by atoms with E-state index in [2.05, 4.69) is 25.9 Å². The molecule has 2 aromatic rings. The molecule has 2 rings (SSSR count). The summed E-state index contributed by atoms with van der Waals surface area (Å²) in [6.07, 6.45) is 2.64. The normalized spacial score (nSPS) is 12.1. The van der Waals surface area contributed by atoms with Gasteiger partial charge in [0, 0.05) is 11.3 Å². The molecule has 7 nitrogen and oxygen atoms in total. The number of H-pyrrole nitrogens is 1. The number of nitrogens with one attached hydrogen (secondary N) is 2. The van der Waals surface area contributed by atoms with Crippen LogP contribution in [0.5, 0.6) is 0 Å². The zero-order chi connectivity index (χ0) is 14.4. The number of thioether (sulfide) groups is 1. The number of aromatic nitrogens is 4. The fraction of sp³-hybridized carbons (Fsp3) is 0.333. The van der Waals surface area contributed by atoms with Gasteiger partial charge in [-0.3, -0.25) is 4.79 Å². The standard InChI is InChI=1S/C12H16N6OS/c1-20-6-5-10(13)12(19)14-9-4-2-3-8(7-9)11-15-17-18-16-11/h2-4,7,10H,5-6,13H2,1H3,(H,14,19)(H,15,16,17,18)/t10-/m1/s1. The molecule has 1 amide bonds. The molecule has 0 spiro atoms. The molecule has 1 aromatic heterocycles. The average molecular weight is 292 g/mol. The Morgan fingerprint density at radius 2 is 2.40 bits per heavy atom. The Kier molecular flexibility index (Phi) is 5.08. The number of tetrazole rings is 1. The lowest BCUT2D eigenvalue weighted by Crippen LogP contribution is -2.36. The Morgan fingerprint density at radius 3 is 3.10 bits per heavy atom. The van der Waals surface area contributed by atoms with Gasteiger partial charge in [0.2, 0.25) is 11.7 Å². The SMILES string of the molecule is CSCC[C@@H](N)C(=O)Nc1cccc(-c2nn[nH]n2)c1. The van der Waals surface area contributed by atoms with Crippen molar-refractivity contribution in [1.29, 1.82) is 0 Å². The lowest BCUT2D eigenvalue weighted by molar-refractivity contribution is -0.117. The number of benzene rings is 1. The number of anilines is 1. The first kappa shape index (κ1) is 14.5. The first-order valence-corrected chi connectivity index (χ1v) is 7.49. The molecule has 106 valence electrons. The van der Waals surface area contributed by atoms with Gasteiger partial charge in [-0.15, -0.1) is 10.2 Å². The summed E-state index contributed by atoms with van der Waals surface area (Å²) in [5.74, 6) is 1.15. The fourth-order valence-corrected chi connectivity index (χ4v) is 2.12. The van der Waals surface area contributed by atoms with Crippen molar-refractivity contribution in [3.8, 4) is 11.4 Å². The van der Waals surface area contributed by atoms with E-state index >= 15 is 0 Å². The lowest BCUT2D eigenvalue weighted by Gasteiger charge is -2.11. The van der Waals surface area contributed by atoms with Crippen molar-refractivity contribution in [1.82, 2.24) is 20.6 Å². The summed E-state index contributed by atoms with van der Waals surface area (Å²) >= 11 is 1.67. The van der Waals surface area contributed by atoms with Crippen molar-refractivity contribution in [3.63, 3.8) is 0 Å². The van der Waals surface area contributed by atoms with E-state index in [1.165, 1.54) is 0 Å². The van der Waals surface area contributed by atoms with Crippen LogP contribution in [0.15, 0.2) is 24.3 Å². The van der Waals surface area contributed by atoms with Crippen LogP contribution < -0.4 is 11.1 Å². The average Bonchev–Trinajstić information content (AvgIpc) is 2.99. The highest BCUT2D eigenvalue weighted by Crippen LogP contribution is 2.18. The predicted molar refractivity (Wildman–Crippen MR) is 79.2 cm³/mol. The third-order valence-corrected chi connectivity index (χ3v) is 3.35. The van der Waals surface area contributed by atoms with Crippen LogP contribution in [0, 0.1) is 0 Å². The van der Waals surface area contributed by atoms with Crippen LogP contribution in [-0.4, -0.2) is 44.6 Å². The van der Waals surface area contributed by atoms with Gasteiger partial charge in [-0.05, 0) is 35.8 Å². The summed E-state index contributed by atoms with van der Waals surface area (Å²) in [5.41, 5.74) is 7.25. The highest BCUT2D eigenvalue weighted by molar-refractivity contribution is 7.98. The molecule has 0 aliphatic carbocycles. The second-order valence-electron chi connectivity index (χ2n) is 4.19. The minimum absolute atomic E-state index is 0.190. The van der Waals surface area contributed by atoms with Gasteiger partial charge < -0.3 is 11.1 Å². The molecule has 1 heterocycles. The third-order valence-electron chi connectivity index (χ3n) is 2.70. The molecule has 20 heavy (non-hydrogen) atoms. The molecule has 0 fully saturated rings. The quantitative estimate of drug-likeness (QED) is 0.729. The van der Waals surface area contributed by atoms with Crippen LogP contribution in [0.4, 0.5) is 5.69 Å². The summed E-state index contributed by atoms with van der Waals surface area (Å²) in [5, 5.41) is 16.5. The van der Waals surface area contributed by atoms with Crippen molar-refractivity contribution in [3.05, 3.63) is 24.3 Å². The number of hydrogen-bond acceptors (Lipinski definition) is 6. The monoisotopic (exact) mass is 292 g/mol. The number of hydrogen-bond donors (Lipinski definition) is 3. The van der Waals surface area contributed by atoms with Gasteiger partial charge in [0.15, 0.2) is 0 Å². The molecule has 0 unspecified atom stereocenters. The summed E-state index contributed by atoms with van der Waals surface area (Å²) in [4.78, 5) is 11.9. The minimum atomic E-state index is -0.503. The van der Waals surface area contributed by atoms with Crippen LogP contribution in [0.3, 0.4) is 0 Å². The highest BCUT2D eigenvalue weighted by atomic mass is 32.2. The molecule has 4 N–H and O–H groups in total. The molecule has 1 atom stereocenters. The number of aromatic amines is 1. The lowest BCUT2D eigenvalue weighted by atomic mass is 10.1. The van der Waals surface area contributed by atoms with Crippen LogP contribution in [0.2, 0.25) is 0 Å². The van der Waals surface area contributed by atoms with E-state index in [0.717, 1.165) is 11.3 Å². The summed E-state index contributed by atoms with van der Waals surface area (Å²) in [6.45, 7) is 0. The molecule has 0 aliphatic heterocycles. The molecular formula is C12H16N6OS. The number of amides is 1. The molecule has 8 heteroatoms. The Labute approximate surface area is 120 Å². The van der Waals surface area contributed by atoms with Gasteiger partial charge >= 0.3 is 0 Å². The number of carbonyl (C=O) groups excluding carboxylic acids is 1. The van der Waals surface area contributed by atoms with Crippen LogP contribution in [0.1, 0.15) is 6.42 Å². The molecule has 0 bridgehead atoms. The van der Waals surface area contributed by atoms with E-state index < -0.39 is 6.04 Å². The number of nitrogens with two attached hydrogens (primary N) is 1. The zero-order valence-corrected chi connectivity index (χ0v) is 11.9. The van der Waals surface area contributed by atoms with Gasteiger partial charge in [0.25, 0.3) is 0 Å². The fourth-order valence-electron chi connectivity index (χ4n) is 1.63. The first-order valence-electron chi connectivity index (χ1n) is 6.10. The smallest absolute Gasteiger partial charge is 0.241 e. The summed E-state index contributed by atoms with van der Waals surface area (Å²) in [7, 11) is 0. The number of rotatable bonds is 6. The molecule has 0 saturated carbocycles. The second kappa shape index (κ2) is 7.01. The maximum absolute atomic E-state index is 11.9. The topological polar surface area (TPSA) is 110 Å². The van der Waals surface area contributed by atoms with E-state index in [0.29, 0.717) is 17.9 Å². The van der Waals surface area contributed by atoms with Gasteiger partial charge in [0.05, 0.1) is 6.04 Å². The number of carbonyl (C=O) groups is 1. The third kappa shape index (κ3) is 3.78. The summed E-state index contributed by atoms with van der Waals surface area (Å²) in [6, 6.07) is 6.73. The van der Waals surface area contributed by atoms with Gasteiger partial charge in [0.1, 0.15) is 0 Å². The molecule has 0 aliphatic rings. The largest absolute Gasteiger partial charge is 0.325 e. The van der Waals surface area contributed by atoms with Crippen LogP contribution in [-0.2, 0) is 4.79 Å². The maximum atomic E-state index is 11.9. The van der Waals surface area contributed by atoms with Crippen molar-refractivity contribution < 1.29 is 4.79 Å². The predicted octanol–water partition coefficient (Wildman–Crippen LogP) is 0.886. The van der Waals surface area contributed by atoms with Crippen molar-refractivity contribution in [2.75, 3.05) is 17.3 Å².